The zero-order chi connectivity index (χ0) is 15.5. The van der Waals surface area contributed by atoms with Crippen LogP contribution in [0.1, 0.15) is 81.1 Å². The highest BCUT2D eigenvalue weighted by molar-refractivity contribution is 5.66. The largest absolute Gasteiger partial charge is 0.460 e. The lowest BCUT2D eigenvalue weighted by atomic mass is 9.99. The molecule has 116 valence electrons. The Kier molecular flexibility index (Phi) is 11.2. The van der Waals surface area contributed by atoms with Crippen molar-refractivity contribution in [1.29, 1.82) is 0 Å². The van der Waals surface area contributed by atoms with Crippen molar-refractivity contribution in [3.8, 4) is 0 Å². The van der Waals surface area contributed by atoms with Crippen molar-refractivity contribution < 1.29 is 9.53 Å². The molecule has 19 heavy (non-hydrogen) atoms. The van der Waals surface area contributed by atoms with Crippen LogP contribution in [0.3, 0.4) is 0 Å². The number of carbonyl (C=O) groups is 1. The van der Waals surface area contributed by atoms with E-state index < -0.39 is 0 Å². The van der Waals surface area contributed by atoms with Gasteiger partial charge in [0.25, 0.3) is 0 Å². The Hall–Kier alpha value is -0.570. The van der Waals surface area contributed by atoms with Gasteiger partial charge in [-0.05, 0) is 54.0 Å². The van der Waals surface area contributed by atoms with Crippen LogP contribution in [0.15, 0.2) is 0 Å². The third-order valence-corrected chi connectivity index (χ3v) is 2.46. The first-order chi connectivity index (χ1) is 8.54. The minimum absolute atomic E-state index is 0.225. The fourth-order valence-corrected chi connectivity index (χ4v) is 1.75. The number of nitrogens with one attached hydrogen (secondary N) is 1. The van der Waals surface area contributed by atoms with Crippen molar-refractivity contribution in [2.24, 2.45) is 0 Å². The summed E-state index contributed by atoms with van der Waals surface area (Å²) in [5, 5.41) is 3.56. The quantitative estimate of drug-likeness (QED) is 0.579. The molecule has 0 atom stereocenters. The standard InChI is InChI=1S/C10H23N.C6H12O2/c1-5-7-9-11-10(3,4)8-6-2;1-5(7)8-6(2,3)4/h11H,5-9H2,1-4H3;1-4H3. The van der Waals surface area contributed by atoms with Gasteiger partial charge in [0.05, 0.1) is 0 Å². The molecule has 3 nitrogen and oxygen atoms in total. The van der Waals surface area contributed by atoms with E-state index in [2.05, 4.69) is 33.0 Å². The Labute approximate surface area is 120 Å². The van der Waals surface area contributed by atoms with E-state index in [9.17, 15) is 4.79 Å². The van der Waals surface area contributed by atoms with Gasteiger partial charge in [-0.15, -0.1) is 0 Å². The maximum Gasteiger partial charge on any atom is 0.303 e. The van der Waals surface area contributed by atoms with Crippen LogP contribution < -0.4 is 5.32 Å². The van der Waals surface area contributed by atoms with Crippen molar-refractivity contribution in [3.63, 3.8) is 0 Å². The lowest BCUT2D eigenvalue weighted by molar-refractivity contribution is -0.151. The van der Waals surface area contributed by atoms with E-state index in [1.54, 1.807) is 0 Å². The fraction of sp³-hybridized carbons (Fsp3) is 0.938. The predicted octanol–water partition coefficient (Wildman–Crippen LogP) is 4.30. The fourth-order valence-electron chi connectivity index (χ4n) is 1.75. The number of carbonyl (C=O) groups excluding carboxylic acids is 1. The van der Waals surface area contributed by atoms with E-state index in [-0.39, 0.29) is 11.6 Å². The average Bonchev–Trinajstić information content (AvgIpc) is 2.14. The molecule has 0 saturated carbocycles. The molecule has 0 spiro atoms. The van der Waals surface area contributed by atoms with E-state index >= 15 is 0 Å². The minimum Gasteiger partial charge on any atom is -0.460 e. The van der Waals surface area contributed by atoms with Crippen LogP contribution in [0.2, 0.25) is 0 Å². The van der Waals surface area contributed by atoms with Gasteiger partial charge in [-0.2, -0.15) is 0 Å². The Morgan fingerprint density at radius 3 is 1.84 bits per heavy atom. The van der Waals surface area contributed by atoms with Crippen LogP contribution in [0.4, 0.5) is 0 Å². The topological polar surface area (TPSA) is 38.3 Å². The second-order valence-corrected chi connectivity index (χ2v) is 6.62. The van der Waals surface area contributed by atoms with Crippen LogP contribution >= 0.6 is 0 Å². The molecule has 0 aliphatic heterocycles. The van der Waals surface area contributed by atoms with E-state index in [1.807, 2.05) is 20.8 Å². The Balaban J connectivity index is 0. The van der Waals surface area contributed by atoms with Crippen molar-refractivity contribution in [2.75, 3.05) is 6.54 Å². The second kappa shape index (κ2) is 10.2. The molecular formula is C16H35NO2. The smallest absolute Gasteiger partial charge is 0.303 e. The summed E-state index contributed by atoms with van der Waals surface area (Å²) in [7, 11) is 0. The highest BCUT2D eigenvalue weighted by Gasteiger charge is 2.13. The molecule has 0 aromatic heterocycles. The van der Waals surface area contributed by atoms with Gasteiger partial charge < -0.3 is 10.1 Å². The number of hydrogen-bond donors (Lipinski definition) is 1. The summed E-state index contributed by atoms with van der Waals surface area (Å²) in [6.45, 7) is 17.1. The first-order valence-corrected chi connectivity index (χ1v) is 7.48. The zero-order valence-corrected chi connectivity index (χ0v) is 14.4. The van der Waals surface area contributed by atoms with Gasteiger partial charge in [-0.25, -0.2) is 0 Å². The summed E-state index contributed by atoms with van der Waals surface area (Å²) in [5.41, 5.74) is 0.0236. The predicted molar refractivity (Wildman–Crippen MR) is 83.4 cm³/mol. The summed E-state index contributed by atoms with van der Waals surface area (Å²) in [4.78, 5) is 10.2. The van der Waals surface area contributed by atoms with E-state index in [1.165, 1.54) is 39.2 Å². The molecule has 0 saturated heterocycles. The molecule has 0 heterocycles. The summed E-state index contributed by atoms with van der Waals surface area (Å²) >= 11 is 0. The number of ether oxygens (including phenoxy) is 1. The van der Waals surface area contributed by atoms with Gasteiger partial charge in [0.2, 0.25) is 0 Å². The van der Waals surface area contributed by atoms with Crippen LogP contribution in [0.25, 0.3) is 0 Å². The third kappa shape index (κ3) is 19.9. The summed E-state index contributed by atoms with van der Waals surface area (Å²) in [5.74, 6) is -0.225. The van der Waals surface area contributed by atoms with Crippen molar-refractivity contribution in [3.05, 3.63) is 0 Å². The molecule has 3 heteroatoms. The van der Waals surface area contributed by atoms with Crippen molar-refractivity contribution >= 4 is 5.97 Å². The van der Waals surface area contributed by atoms with Gasteiger partial charge in [-0.1, -0.05) is 26.7 Å². The van der Waals surface area contributed by atoms with E-state index in [0.717, 1.165) is 0 Å². The monoisotopic (exact) mass is 273 g/mol. The van der Waals surface area contributed by atoms with Gasteiger partial charge in [0.1, 0.15) is 5.60 Å². The Morgan fingerprint density at radius 2 is 1.58 bits per heavy atom. The lowest BCUT2D eigenvalue weighted by Gasteiger charge is -2.25. The first-order valence-electron chi connectivity index (χ1n) is 7.48. The first kappa shape index (κ1) is 20.7. The highest BCUT2D eigenvalue weighted by atomic mass is 16.6. The molecule has 0 aromatic rings. The molecule has 0 aliphatic rings. The van der Waals surface area contributed by atoms with Gasteiger partial charge in [-0.3, -0.25) is 4.79 Å². The molecule has 0 rings (SSSR count). The Morgan fingerprint density at radius 1 is 1.05 bits per heavy atom. The summed E-state index contributed by atoms with van der Waals surface area (Å²) < 4.78 is 4.80. The third-order valence-electron chi connectivity index (χ3n) is 2.46. The second-order valence-electron chi connectivity index (χ2n) is 6.62. The average molecular weight is 273 g/mol. The zero-order valence-electron chi connectivity index (χ0n) is 14.4. The molecular weight excluding hydrogens is 238 g/mol. The summed E-state index contributed by atoms with van der Waals surface area (Å²) in [6, 6.07) is 0. The van der Waals surface area contributed by atoms with Crippen LogP contribution in [-0.2, 0) is 9.53 Å². The molecule has 1 N–H and O–H groups in total. The van der Waals surface area contributed by atoms with Gasteiger partial charge >= 0.3 is 5.97 Å². The molecule has 0 bridgehead atoms. The number of rotatable bonds is 6. The number of esters is 1. The maximum absolute atomic E-state index is 10.2. The number of unbranched alkanes of at least 4 members (excludes halogenated alkanes) is 1. The SMILES string of the molecule is CC(=O)OC(C)(C)C.CCCCNC(C)(C)CCC. The molecule has 0 amide bonds. The van der Waals surface area contributed by atoms with Crippen molar-refractivity contribution in [1.82, 2.24) is 5.32 Å². The summed E-state index contributed by atoms with van der Waals surface area (Å²) in [6.07, 6.45) is 5.13. The van der Waals surface area contributed by atoms with E-state index in [4.69, 9.17) is 4.74 Å². The lowest BCUT2D eigenvalue weighted by Crippen LogP contribution is -2.39. The molecule has 0 aromatic carbocycles. The van der Waals surface area contributed by atoms with Crippen molar-refractivity contribution in [2.45, 2.75) is 92.2 Å². The Bertz CT molecular complexity index is 229. The molecule has 0 unspecified atom stereocenters. The number of hydrogen-bond acceptors (Lipinski definition) is 3. The van der Waals surface area contributed by atoms with Crippen LogP contribution in [-0.4, -0.2) is 23.7 Å². The minimum atomic E-state index is -0.328. The van der Waals surface area contributed by atoms with Crippen LogP contribution in [0, 0.1) is 0 Å². The normalized spacial score (nSPS) is 11.6. The molecule has 0 fully saturated rings. The van der Waals surface area contributed by atoms with Gasteiger partial charge in [0, 0.05) is 12.5 Å². The maximum atomic E-state index is 10.2. The molecule has 0 aliphatic carbocycles. The van der Waals surface area contributed by atoms with Crippen LogP contribution in [0.5, 0.6) is 0 Å². The highest BCUT2D eigenvalue weighted by Crippen LogP contribution is 2.10. The molecule has 0 radical (unpaired) electrons. The van der Waals surface area contributed by atoms with E-state index in [0.29, 0.717) is 5.54 Å². The van der Waals surface area contributed by atoms with Gasteiger partial charge in [0.15, 0.2) is 0 Å².